The van der Waals surface area contributed by atoms with Crippen LogP contribution in [0.1, 0.15) is 74.7 Å². The van der Waals surface area contributed by atoms with E-state index in [1.807, 2.05) is 0 Å². The summed E-state index contributed by atoms with van der Waals surface area (Å²) in [6, 6.07) is 21.3. The van der Waals surface area contributed by atoms with Gasteiger partial charge in [-0.1, -0.05) is 36.4 Å². The predicted octanol–water partition coefficient (Wildman–Crippen LogP) is 5.33. The SMILES string of the molecule is Oc1ccc([C@H]2Oc3c4c(c([C@@H]5c6ccc(O)cc6O[C@H](c6ccc(O)c(O)c6)[C@H]5O)c(O)c3[C@H](c3ccc(O)cc3O)[C@@H]2O)O[C@H](c2ccc(O)c(O)c2)[C@@H](O)C4)cc1. The standard InChI is InChI=1S/C45H38O15/c46-21-5-1-18(2-6-21)42-39(56)34(24-9-7-22(47)15-29(24)51)36-38(55)37(44-26(45(36)60-42)17-32(54)41(59-44)19-3-11-27(49)30(52)13-19)35-25-10-8-23(48)16-33(25)58-43(40(35)57)20-4-12-28(50)31(53)14-20/h1-16,32,34-35,39-43,46-57H,17H2/t32-,34-,35-,39-,40-,41+,42+,43+/m0/s1. The Balaban J connectivity index is 1.34. The van der Waals surface area contributed by atoms with Gasteiger partial charge in [0.05, 0.1) is 6.10 Å². The summed E-state index contributed by atoms with van der Waals surface area (Å²) in [5.74, 6) is -6.20. The number of ether oxygens (including phenoxy) is 3. The first-order valence-corrected chi connectivity index (χ1v) is 18.8. The molecule has 9 rings (SSSR count). The normalized spacial score (nSPS) is 24.2. The predicted molar refractivity (Wildman–Crippen MR) is 209 cm³/mol. The van der Waals surface area contributed by atoms with Crippen molar-refractivity contribution in [2.75, 3.05) is 0 Å². The van der Waals surface area contributed by atoms with Crippen LogP contribution >= 0.6 is 0 Å². The van der Waals surface area contributed by atoms with Crippen molar-refractivity contribution in [1.82, 2.24) is 0 Å². The zero-order chi connectivity index (χ0) is 42.3. The van der Waals surface area contributed by atoms with Gasteiger partial charge in [-0.3, -0.25) is 0 Å². The fourth-order valence-corrected chi connectivity index (χ4v) is 8.71. The molecule has 0 saturated carbocycles. The van der Waals surface area contributed by atoms with E-state index in [4.69, 9.17) is 14.2 Å². The highest BCUT2D eigenvalue weighted by Gasteiger charge is 2.50. The largest absolute Gasteiger partial charge is 0.508 e. The number of rotatable bonds is 5. The smallest absolute Gasteiger partial charge is 0.157 e. The highest BCUT2D eigenvalue weighted by Crippen LogP contribution is 2.62. The summed E-state index contributed by atoms with van der Waals surface area (Å²) < 4.78 is 19.5. The molecular formula is C45H38O15. The van der Waals surface area contributed by atoms with Crippen LogP contribution in [0.4, 0.5) is 0 Å². The van der Waals surface area contributed by atoms with Crippen LogP contribution < -0.4 is 14.2 Å². The van der Waals surface area contributed by atoms with Gasteiger partial charge in [0.15, 0.2) is 35.2 Å². The van der Waals surface area contributed by atoms with Gasteiger partial charge in [-0.2, -0.15) is 0 Å². The molecule has 8 atom stereocenters. The topological polar surface area (TPSA) is 270 Å². The van der Waals surface area contributed by atoms with Crippen molar-refractivity contribution in [2.45, 2.75) is 54.9 Å². The number of hydrogen-bond acceptors (Lipinski definition) is 15. The zero-order valence-corrected chi connectivity index (χ0v) is 31.2. The van der Waals surface area contributed by atoms with Gasteiger partial charge in [-0.25, -0.2) is 0 Å². The number of aromatic hydroxyl groups is 9. The second-order valence-corrected chi connectivity index (χ2v) is 15.2. The summed E-state index contributed by atoms with van der Waals surface area (Å²) in [6.07, 6.45) is -8.63. The van der Waals surface area contributed by atoms with Crippen molar-refractivity contribution in [1.29, 1.82) is 0 Å². The minimum absolute atomic E-state index is 0.0503. The number of phenolic OH excluding ortho intramolecular Hbond substituents is 9. The molecule has 3 aliphatic heterocycles. The molecule has 0 bridgehead atoms. The highest BCUT2D eigenvalue weighted by molar-refractivity contribution is 5.71. The van der Waals surface area contributed by atoms with Gasteiger partial charge in [0.1, 0.15) is 64.3 Å². The Bertz CT molecular complexity index is 2660. The molecule has 308 valence electrons. The zero-order valence-electron chi connectivity index (χ0n) is 31.2. The van der Waals surface area contributed by atoms with Gasteiger partial charge < -0.3 is 75.5 Å². The minimum Gasteiger partial charge on any atom is -0.508 e. The van der Waals surface area contributed by atoms with Crippen LogP contribution in [0.5, 0.6) is 69.0 Å². The van der Waals surface area contributed by atoms with E-state index in [0.29, 0.717) is 5.56 Å². The molecule has 6 aromatic carbocycles. The molecule has 3 aliphatic rings. The maximum absolute atomic E-state index is 12.9. The summed E-state index contributed by atoms with van der Waals surface area (Å²) in [6.45, 7) is 0. The van der Waals surface area contributed by atoms with Crippen LogP contribution in [0, 0.1) is 0 Å². The van der Waals surface area contributed by atoms with Crippen LogP contribution in [0.2, 0.25) is 0 Å². The van der Waals surface area contributed by atoms with Crippen LogP contribution in [-0.4, -0.2) is 79.6 Å². The average Bonchev–Trinajstić information content (AvgIpc) is 3.21. The molecule has 3 heterocycles. The summed E-state index contributed by atoms with van der Waals surface area (Å²) in [5.41, 5.74) is 1.10. The van der Waals surface area contributed by atoms with Gasteiger partial charge in [0, 0.05) is 58.2 Å². The first-order chi connectivity index (χ1) is 28.7. The molecule has 12 N–H and O–H groups in total. The van der Waals surface area contributed by atoms with Gasteiger partial charge in [0.25, 0.3) is 0 Å². The second kappa shape index (κ2) is 14.3. The van der Waals surface area contributed by atoms with E-state index in [9.17, 15) is 61.3 Å². The van der Waals surface area contributed by atoms with Crippen LogP contribution in [0.3, 0.4) is 0 Å². The summed E-state index contributed by atoms with van der Waals surface area (Å²) in [5, 5.41) is 133. The van der Waals surface area contributed by atoms with E-state index in [-0.39, 0.29) is 79.9 Å². The lowest BCUT2D eigenvalue weighted by atomic mass is 9.73. The van der Waals surface area contributed by atoms with Crippen molar-refractivity contribution in [3.05, 3.63) is 142 Å². The number of fused-ring (bicyclic) bond motifs is 4. The van der Waals surface area contributed by atoms with Gasteiger partial charge >= 0.3 is 0 Å². The van der Waals surface area contributed by atoms with Crippen molar-refractivity contribution in [2.24, 2.45) is 0 Å². The highest BCUT2D eigenvalue weighted by atomic mass is 16.5. The molecule has 15 nitrogen and oxygen atoms in total. The second-order valence-electron chi connectivity index (χ2n) is 15.2. The molecule has 0 amide bonds. The van der Waals surface area contributed by atoms with Crippen molar-refractivity contribution >= 4 is 0 Å². The first-order valence-electron chi connectivity index (χ1n) is 18.8. The molecule has 6 aromatic rings. The summed E-state index contributed by atoms with van der Waals surface area (Å²) in [7, 11) is 0. The quantitative estimate of drug-likeness (QED) is 0.0981. The molecular weight excluding hydrogens is 780 g/mol. The van der Waals surface area contributed by atoms with E-state index in [1.54, 1.807) is 0 Å². The molecule has 0 aromatic heterocycles. The maximum Gasteiger partial charge on any atom is 0.157 e. The Morgan fingerprint density at radius 2 is 0.900 bits per heavy atom. The third kappa shape index (κ3) is 6.18. The third-order valence-corrected chi connectivity index (χ3v) is 11.5. The lowest BCUT2D eigenvalue weighted by Crippen LogP contribution is -2.39. The molecule has 15 heteroatoms. The van der Waals surface area contributed by atoms with E-state index in [1.165, 1.54) is 91.0 Å². The summed E-state index contributed by atoms with van der Waals surface area (Å²) in [4.78, 5) is 0. The molecule has 0 saturated heterocycles. The molecule has 0 spiro atoms. The Hall–Kier alpha value is -7.20. The Morgan fingerprint density at radius 1 is 0.417 bits per heavy atom. The van der Waals surface area contributed by atoms with Gasteiger partial charge in [0.2, 0.25) is 0 Å². The van der Waals surface area contributed by atoms with Crippen LogP contribution in [0.15, 0.2) is 97.1 Å². The van der Waals surface area contributed by atoms with E-state index < -0.39 is 83.0 Å². The number of phenols is 9. The Morgan fingerprint density at radius 3 is 1.48 bits per heavy atom. The monoisotopic (exact) mass is 818 g/mol. The van der Waals surface area contributed by atoms with Crippen molar-refractivity contribution in [3.63, 3.8) is 0 Å². The van der Waals surface area contributed by atoms with Crippen LogP contribution in [-0.2, 0) is 6.42 Å². The molecule has 0 unspecified atom stereocenters. The average molecular weight is 819 g/mol. The Kier molecular flexibility index (Phi) is 9.11. The van der Waals surface area contributed by atoms with Crippen molar-refractivity contribution in [3.8, 4) is 69.0 Å². The fourth-order valence-electron chi connectivity index (χ4n) is 8.71. The first kappa shape index (κ1) is 38.3. The van der Waals surface area contributed by atoms with E-state index in [2.05, 4.69) is 0 Å². The number of hydrogen-bond donors (Lipinski definition) is 12. The van der Waals surface area contributed by atoms with Crippen molar-refractivity contribution < 1.29 is 75.5 Å². The lowest BCUT2D eigenvalue weighted by Gasteiger charge is -2.44. The molecule has 0 fully saturated rings. The summed E-state index contributed by atoms with van der Waals surface area (Å²) >= 11 is 0. The van der Waals surface area contributed by atoms with Gasteiger partial charge in [-0.05, 0) is 65.2 Å². The third-order valence-electron chi connectivity index (χ3n) is 11.5. The fraction of sp³-hybridized carbons (Fsp3) is 0.200. The number of benzene rings is 6. The molecule has 0 radical (unpaired) electrons. The van der Waals surface area contributed by atoms with E-state index >= 15 is 0 Å². The van der Waals surface area contributed by atoms with E-state index in [0.717, 1.165) is 6.07 Å². The van der Waals surface area contributed by atoms with Gasteiger partial charge in [-0.15, -0.1) is 0 Å². The number of aliphatic hydroxyl groups is 3. The number of aliphatic hydroxyl groups excluding tert-OH is 3. The lowest BCUT2D eigenvalue weighted by molar-refractivity contribution is -0.00673. The minimum atomic E-state index is -1.63. The Labute approximate surface area is 340 Å². The maximum atomic E-state index is 12.9. The molecule has 60 heavy (non-hydrogen) atoms. The van der Waals surface area contributed by atoms with Crippen LogP contribution in [0.25, 0.3) is 0 Å². The molecule has 0 aliphatic carbocycles.